The van der Waals surface area contributed by atoms with Gasteiger partial charge in [-0.05, 0) is 35.1 Å². The predicted octanol–water partition coefficient (Wildman–Crippen LogP) is 2.83. The van der Waals surface area contributed by atoms with E-state index in [1.54, 1.807) is 6.07 Å². The molecule has 0 unspecified atom stereocenters. The monoisotopic (exact) mass is 329 g/mol. The number of hydrogen-bond acceptors (Lipinski definition) is 3. The summed E-state index contributed by atoms with van der Waals surface area (Å²) in [5.41, 5.74) is 0. The maximum absolute atomic E-state index is 13.3. The van der Waals surface area contributed by atoms with Crippen LogP contribution in [0.15, 0.2) is 22.7 Å². The highest BCUT2D eigenvalue weighted by Gasteiger charge is 2.37. The number of ether oxygens (including phenoxy) is 2. The van der Waals surface area contributed by atoms with Gasteiger partial charge in [0.1, 0.15) is 17.7 Å². The topological polar surface area (TPSA) is 21.7 Å². The molecule has 104 valence electrons. The summed E-state index contributed by atoms with van der Waals surface area (Å²) in [5.74, 6) is 0.322. The van der Waals surface area contributed by atoms with Crippen molar-refractivity contribution in [2.24, 2.45) is 0 Å². The lowest BCUT2D eigenvalue weighted by Crippen LogP contribution is -2.57. The number of hydrogen-bond donors (Lipinski definition) is 0. The molecule has 0 aliphatic carbocycles. The summed E-state index contributed by atoms with van der Waals surface area (Å²) in [6, 6.07) is 5.36. The first kappa shape index (κ1) is 13.3. The van der Waals surface area contributed by atoms with Gasteiger partial charge in [-0.3, -0.25) is 4.90 Å². The number of piperidine rings is 1. The molecule has 2 aliphatic rings. The van der Waals surface area contributed by atoms with Gasteiger partial charge in [0.15, 0.2) is 0 Å². The van der Waals surface area contributed by atoms with Crippen molar-refractivity contribution in [3.05, 3.63) is 28.5 Å². The molecule has 2 fully saturated rings. The fourth-order valence-electron chi connectivity index (χ4n) is 2.89. The molecule has 0 spiro atoms. The van der Waals surface area contributed by atoms with Crippen LogP contribution in [0.2, 0.25) is 0 Å². The quantitative estimate of drug-likeness (QED) is 0.832. The zero-order valence-corrected chi connectivity index (χ0v) is 12.4. The van der Waals surface area contributed by atoms with E-state index >= 15 is 0 Å². The SMILES string of the molecule is CN1[C@@H]2COC[C@H]1C[C@@H](Oc1cc(F)ccc1Br)C2. The van der Waals surface area contributed by atoms with E-state index in [0.717, 1.165) is 30.5 Å². The lowest BCUT2D eigenvalue weighted by molar-refractivity contribution is -0.0880. The summed E-state index contributed by atoms with van der Waals surface area (Å²) in [4.78, 5) is 2.38. The van der Waals surface area contributed by atoms with Gasteiger partial charge >= 0.3 is 0 Å². The Morgan fingerprint density at radius 2 is 2.00 bits per heavy atom. The van der Waals surface area contributed by atoms with Gasteiger partial charge in [-0.1, -0.05) is 0 Å². The third-order valence-electron chi connectivity index (χ3n) is 4.03. The highest BCUT2D eigenvalue weighted by molar-refractivity contribution is 9.10. The van der Waals surface area contributed by atoms with Crippen molar-refractivity contribution in [1.82, 2.24) is 4.90 Å². The second-order valence-corrected chi connectivity index (χ2v) is 6.15. The van der Waals surface area contributed by atoms with Gasteiger partial charge in [-0.15, -0.1) is 0 Å². The Morgan fingerprint density at radius 1 is 1.32 bits per heavy atom. The molecule has 0 amide bonds. The minimum Gasteiger partial charge on any atom is -0.489 e. The van der Waals surface area contributed by atoms with E-state index in [-0.39, 0.29) is 11.9 Å². The Morgan fingerprint density at radius 3 is 2.68 bits per heavy atom. The zero-order valence-electron chi connectivity index (χ0n) is 10.8. The van der Waals surface area contributed by atoms with Crippen LogP contribution in [0.25, 0.3) is 0 Å². The first-order valence-electron chi connectivity index (χ1n) is 6.55. The minimum absolute atomic E-state index is 0.133. The maximum atomic E-state index is 13.3. The first-order chi connectivity index (χ1) is 9.13. The number of benzene rings is 1. The number of rotatable bonds is 2. The molecule has 3 nitrogen and oxygen atoms in total. The molecule has 1 aromatic rings. The van der Waals surface area contributed by atoms with Crippen molar-refractivity contribution in [1.29, 1.82) is 0 Å². The maximum Gasteiger partial charge on any atom is 0.136 e. The molecule has 1 aromatic carbocycles. The third kappa shape index (κ3) is 2.78. The Labute approximate surface area is 120 Å². The molecular weight excluding hydrogens is 313 g/mol. The van der Waals surface area contributed by atoms with Crippen LogP contribution in [0, 0.1) is 5.82 Å². The Hall–Kier alpha value is -0.650. The average Bonchev–Trinajstić information content (AvgIpc) is 2.35. The molecular formula is C14H17BrFNO2. The van der Waals surface area contributed by atoms with Crippen molar-refractivity contribution in [3.8, 4) is 5.75 Å². The molecule has 2 heterocycles. The largest absolute Gasteiger partial charge is 0.489 e. The highest BCUT2D eigenvalue weighted by atomic mass is 79.9. The summed E-state index contributed by atoms with van der Waals surface area (Å²) in [6.07, 6.45) is 1.99. The van der Waals surface area contributed by atoms with Gasteiger partial charge < -0.3 is 9.47 Å². The molecule has 0 aromatic heterocycles. The van der Waals surface area contributed by atoms with Gasteiger partial charge in [0.2, 0.25) is 0 Å². The zero-order chi connectivity index (χ0) is 13.4. The Bertz CT molecular complexity index is 457. The van der Waals surface area contributed by atoms with Crippen LogP contribution >= 0.6 is 15.9 Å². The van der Waals surface area contributed by atoms with Crippen molar-refractivity contribution in [3.63, 3.8) is 0 Å². The third-order valence-corrected chi connectivity index (χ3v) is 4.68. The van der Waals surface area contributed by atoms with E-state index in [4.69, 9.17) is 9.47 Å². The lowest BCUT2D eigenvalue weighted by Gasteiger charge is -2.46. The van der Waals surface area contributed by atoms with Crippen LogP contribution in [-0.4, -0.2) is 43.3 Å². The summed E-state index contributed by atoms with van der Waals surface area (Å²) in [7, 11) is 2.15. The van der Waals surface area contributed by atoms with Crippen LogP contribution in [0.3, 0.4) is 0 Å². The second-order valence-electron chi connectivity index (χ2n) is 5.30. The molecule has 2 bridgehead atoms. The molecule has 5 heteroatoms. The Kier molecular flexibility index (Phi) is 3.78. The van der Waals surface area contributed by atoms with Gasteiger partial charge in [0, 0.05) is 31.0 Å². The average molecular weight is 330 g/mol. The number of halogens is 2. The molecule has 3 rings (SSSR count). The van der Waals surface area contributed by atoms with Crippen molar-refractivity contribution in [2.45, 2.75) is 31.0 Å². The molecule has 0 radical (unpaired) electrons. The summed E-state index contributed by atoms with van der Waals surface area (Å²) < 4.78 is 25.6. The van der Waals surface area contributed by atoms with E-state index in [9.17, 15) is 4.39 Å². The number of fused-ring (bicyclic) bond motifs is 2. The number of nitrogens with zero attached hydrogens (tertiary/aromatic N) is 1. The van der Waals surface area contributed by atoms with Gasteiger partial charge in [0.05, 0.1) is 17.7 Å². The molecule has 0 N–H and O–H groups in total. The van der Waals surface area contributed by atoms with Crippen molar-refractivity contribution in [2.75, 3.05) is 20.3 Å². The van der Waals surface area contributed by atoms with Gasteiger partial charge in [-0.2, -0.15) is 0 Å². The first-order valence-corrected chi connectivity index (χ1v) is 7.34. The smallest absolute Gasteiger partial charge is 0.136 e. The van der Waals surface area contributed by atoms with Crippen molar-refractivity contribution < 1.29 is 13.9 Å². The molecule has 0 saturated carbocycles. The lowest BCUT2D eigenvalue weighted by atomic mass is 9.92. The summed E-state index contributed by atoms with van der Waals surface area (Å²) in [5, 5.41) is 0. The van der Waals surface area contributed by atoms with Crippen LogP contribution in [0.5, 0.6) is 5.75 Å². The van der Waals surface area contributed by atoms with Crippen LogP contribution in [0.4, 0.5) is 4.39 Å². The van der Waals surface area contributed by atoms with E-state index in [1.807, 2.05) is 0 Å². The van der Waals surface area contributed by atoms with E-state index < -0.39 is 0 Å². The standard InChI is InChI=1S/C14H17BrFNO2/c1-17-10-5-12(6-11(17)8-18-7-10)19-14-4-9(16)2-3-13(14)15/h2-4,10-12H,5-8H2,1H3/t10-,11+,12-. The van der Waals surface area contributed by atoms with E-state index in [1.165, 1.54) is 12.1 Å². The van der Waals surface area contributed by atoms with E-state index in [2.05, 4.69) is 27.9 Å². The number of morpholine rings is 1. The minimum atomic E-state index is -0.269. The van der Waals surface area contributed by atoms with E-state index in [0.29, 0.717) is 17.8 Å². The fourth-order valence-corrected chi connectivity index (χ4v) is 3.23. The predicted molar refractivity (Wildman–Crippen MR) is 73.9 cm³/mol. The van der Waals surface area contributed by atoms with Gasteiger partial charge in [-0.25, -0.2) is 4.39 Å². The number of likely N-dealkylation sites (N-methyl/N-ethyl adjacent to an activating group) is 1. The molecule has 2 saturated heterocycles. The molecule has 3 atom stereocenters. The Balaban J connectivity index is 1.72. The normalized spacial score (nSPS) is 31.2. The second kappa shape index (κ2) is 5.38. The van der Waals surface area contributed by atoms with Crippen LogP contribution in [-0.2, 0) is 4.74 Å². The van der Waals surface area contributed by atoms with Crippen LogP contribution in [0.1, 0.15) is 12.8 Å². The highest BCUT2D eigenvalue weighted by Crippen LogP contribution is 2.32. The van der Waals surface area contributed by atoms with Crippen LogP contribution < -0.4 is 4.74 Å². The fraction of sp³-hybridized carbons (Fsp3) is 0.571. The summed E-state index contributed by atoms with van der Waals surface area (Å²) in [6.45, 7) is 1.52. The van der Waals surface area contributed by atoms with Gasteiger partial charge in [0.25, 0.3) is 0 Å². The summed E-state index contributed by atoms with van der Waals surface area (Å²) >= 11 is 3.40. The molecule has 2 aliphatic heterocycles. The van der Waals surface area contributed by atoms with Crippen molar-refractivity contribution >= 4 is 15.9 Å². The molecule has 19 heavy (non-hydrogen) atoms.